The standard InChI is InChI=1S/C9H18N2O6S/c12-4-6(14)9(17)8(16)5(13)3-10-11-7(15)1-2-18/h3,5-6,8-9,12-14,16-18H,1-2,4H2,(H,11,15)/t5-,6+,8+,9-/m0/s1. The summed E-state index contributed by atoms with van der Waals surface area (Å²) in [5.74, 6) is -0.0765. The fourth-order valence-electron chi connectivity index (χ4n) is 0.969. The lowest BCUT2D eigenvalue weighted by Gasteiger charge is -2.23. The average molecular weight is 282 g/mol. The Balaban J connectivity index is 4.18. The number of carbonyl (C=O) groups is 1. The summed E-state index contributed by atoms with van der Waals surface area (Å²) in [6.45, 7) is -0.763. The number of hydrogen-bond donors (Lipinski definition) is 7. The quantitative estimate of drug-likeness (QED) is 0.142. The first kappa shape index (κ1) is 17.3. The molecule has 4 atom stereocenters. The highest BCUT2D eigenvalue weighted by atomic mass is 32.1. The summed E-state index contributed by atoms with van der Waals surface area (Å²) < 4.78 is 0. The number of aliphatic hydroxyl groups excluding tert-OH is 5. The van der Waals surface area contributed by atoms with Crippen LogP contribution >= 0.6 is 12.6 Å². The van der Waals surface area contributed by atoms with Gasteiger partial charge in [0.05, 0.1) is 12.8 Å². The van der Waals surface area contributed by atoms with Gasteiger partial charge in [-0.1, -0.05) is 0 Å². The minimum Gasteiger partial charge on any atom is -0.394 e. The number of nitrogens with zero attached hydrogens (tertiary/aromatic N) is 1. The van der Waals surface area contributed by atoms with Crippen LogP contribution in [0.4, 0.5) is 0 Å². The Hall–Kier alpha value is -0.710. The van der Waals surface area contributed by atoms with Crippen LogP contribution in [0.3, 0.4) is 0 Å². The Morgan fingerprint density at radius 3 is 2.39 bits per heavy atom. The Bertz CT molecular complexity index is 278. The topological polar surface area (TPSA) is 143 Å². The average Bonchev–Trinajstić information content (AvgIpc) is 2.36. The van der Waals surface area contributed by atoms with Crippen LogP contribution < -0.4 is 5.43 Å². The van der Waals surface area contributed by atoms with Crippen molar-refractivity contribution in [2.45, 2.75) is 30.8 Å². The van der Waals surface area contributed by atoms with Gasteiger partial charge < -0.3 is 25.5 Å². The van der Waals surface area contributed by atoms with E-state index >= 15 is 0 Å². The Labute approximate surface area is 109 Å². The van der Waals surface area contributed by atoms with Crippen molar-refractivity contribution in [3.63, 3.8) is 0 Å². The number of amides is 1. The van der Waals surface area contributed by atoms with Gasteiger partial charge >= 0.3 is 0 Å². The monoisotopic (exact) mass is 282 g/mol. The molecule has 0 aromatic heterocycles. The lowest BCUT2D eigenvalue weighted by Crippen LogP contribution is -2.46. The van der Waals surface area contributed by atoms with E-state index in [2.05, 4.69) is 23.2 Å². The lowest BCUT2D eigenvalue weighted by molar-refractivity contribution is -0.120. The van der Waals surface area contributed by atoms with E-state index in [1.807, 2.05) is 0 Å². The number of rotatable bonds is 8. The van der Waals surface area contributed by atoms with Crippen molar-refractivity contribution in [3.8, 4) is 0 Å². The zero-order chi connectivity index (χ0) is 14.1. The number of nitrogens with one attached hydrogen (secondary N) is 1. The first-order valence-corrected chi connectivity index (χ1v) is 5.83. The zero-order valence-corrected chi connectivity index (χ0v) is 10.4. The smallest absolute Gasteiger partial charge is 0.240 e. The van der Waals surface area contributed by atoms with Crippen LogP contribution in [-0.4, -0.2) is 74.4 Å². The van der Waals surface area contributed by atoms with E-state index in [-0.39, 0.29) is 6.42 Å². The fourth-order valence-corrected chi connectivity index (χ4v) is 1.17. The molecule has 1 amide bonds. The van der Waals surface area contributed by atoms with Crippen LogP contribution in [0.2, 0.25) is 0 Å². The molecule has 0 radical (unpaired) electrons. The molecule has 0 heterocycles. The third kappa shape index (κ3) is 6.28. The maximum Gasteiger partial charge on any atom is 0.240 e. The van der Waals surface area contributed by atoms with Gasteiger partial charge in [0.2, 0.25) is 5.91 Å². The normalized spacial score (nSPS) is 18.3. The summed E-state index contributed by atoms with van der Waals surface area (Å²) in [5.41, 5.74) is 2.07. The zero-order valence-electron chi connectivity index (χ0n) is 9.55. The highest BCUT2D eigenvalue weighted by molar-refractivity contribution is 7.80. The summed E-state index contributed by atoms with van der Waals surface area (Å²) in [7, 11) is 0. The maximum absolute atomic E-state index is 10.9. The molecule has 0 rings (SSSR count). The van der Waals surface area contributed by atoms with Gasteiger partial charge in [0, 0.05) is 6.42 Å². The molecule has 0 bridgehead atoms. The number of hydrogen-bond acceptors (Lipinski definition) is 8. The Morgan fingerprint density at radius 2 is 1.89 bits per heavy atom. The predicted octanol–water partition coefficient (Wildman–Crippen LogP) is -3.16. The third-order valence-corrected chi connectivity index (χ3v) is 2.26. The number of hydrazone groups is 1. The van der Waals surface area contributed by atoms with Crippen molar-refractivity contribution >= 4 is 24.8 Å². The molecule has 0 aliphatic carbocycles. The number of carbonyl (C=O) groups excluding carboxylic acids is 1. The Morgan fingerprint density at radius 1 is 1.28 bits per heavy atom. The summed E-state index contributed by atoms with van der Waals surface area (Å²) in [5, 5.41) is 48.9. The van der Waals surface area contributed by atoms with Crippen molar-refractivity contribution < 1.29 is 30.3 Å². The van der Waals surface area contributed by atoms with Gasteiger partial charge in [-0.15, -0.1) is 0 Å². The van der Waals surface area contributed by atoms with Gasteiger partial charge in [-0.25, -0.2) is 5.43 Å². The molecule has 9 heteroatoms. The van der Waals surface area contributed by atoms with Crippen molar-refractivity contribution in [1.29, 1.82) is 0 Å². The fraction of sp³-hybridized carbons (Fsp3) is 0.778. The summed E-state index contributed by atoms with van der Waals surface area (Å²) in [4.78, 5) is 10.9. The molecule has 0 spiro atoms. The van der Waals surface area contributed by atoms with Crippen molar-refractivity contribution in [3.05, 3.63) is 0 Å². The van der Waals surface area contributed by atoms with Crippen molar-refractivity contribution in [2.75, 3.05) is 12.4 Å². The second kappa shape index (κ2) is 9.25. The van der Waals surface area contributed by atoms with Crippen LogP contribution in [0.15, 0.2) is 5.10 Å². The van der Waals surface area contributed by atoms with Gasteiger partial charge in [-0.3, -0.25) is 4.79 Å². The van der Waals surface area contributed by atoms with Crippen molar-refractivity contribution in [2.24, 2.45) is 5.10 Å². The van der Waals surface area contributed by atoms with E-state index < -0.39 is 36.9 Å². The molecular formula is C9H18N2O6S. The largest absolute Gasteiger partial charge is 0.394 e. The highest BCUT2D eigenvalue weighted by Crippen LogP contribution is 2.03. The van der Waals surface area contributed by atoms with Crippen LogP contribution in [-0.2, 0) is 4.79 Å². The minimum absolute atomic E-state index is 0.144. The van der Waals surface area contributed by atoms with E-state index in [0.29, 0.717) is 5.75 Å². The highest BCUT2D eigenvalue weighted by Gasteiger charge is 2.29. The molecule has 0 saturated heterocycles. The molecule has 106 valence electrons. The Kier molecular flexibility index (Phi) is 8.89. The molecule has 18 heavy (non-hydrogen) atoms. The van der Waals surface area contributed by atoms with Crippen LogP contribution in [0.5, 0.6) is 0 Å². The molecule has 0 aliphatic heterocycles. The molecule has 8 nitrogen and oxygen atoms in total. The predicted molar refractivity (Wildman–Crippen MR) is 66.2 cm³/mol. The van der Waals surface area contributed by atoms with Crippen molar-refractivity contribution in [1.82, 2.24) is 5.43 Å². The van der Waals surface area contributed by atoms with Crippen LogP contribution in [0, 0.1) is 0 Å². The minimum atomic E-state index is -1.74. The van der Waals surface area contributed by atoms with E-state index in [0.717, 1.165) is 6.21 Å². The molecule has 0 unspecified atom stereocenters. The number of thiol groups is 1. The van der Waals surface area contributed by atoms with E-state index in [4.69, 9.17) is 10.2 Å². The molecule has 0 aromatic rings. The molecule has 6 N–H and O–H groups in total. The van der Waals surface area contributed by atoms with Gasteiger partial charge in [0.25, 0.3) is 0 Å². The maximum atomic E-state index is 10.9. The second-order valence-electron chi connectivity index (χ2n) is 3.51. The lowest BCUT2D eigenvalue weighted by atomic mass is 10.0. The van der Waals surface area contributed by atoms with E-state index in [1.165, 1.54) is 0 Å². The summed E-state index contributed by atoms with van der Waals surface area (Å²) in [6.07, 6.45) is -5.71. The van der Waals surface area contributed by atoms with Crippen LogP contribution in [0.25, 0.3) is 0 Å². The van der Waals surface area contributed by atoms with Gasteiger partial charge in [0.15, 0.2) is 0 Å². The molecule has 0 aromatic carbocycles. The second-order valence-corrected chi connectivity index (χ2v) is 3.96. The summed E-state index contributed by atoms with van der Waals surface area (Å²) in [6, 6.07) is 0. The number of aliphatic hydroxyl groups is 5. The van der Waals surface area contributed by atoms with Crippen LogP contribution in [0.1, 0.15) is 6.42 Å². The molecule has 0 aliphatic rings. The molecule has 0 saturated carbocycles. The van der Waals surface area contributed by atoms with Gasteiger partial charge in [-0.2, -0.15) is 17.7 Å². The first-order chi connectivity index (χ1) is 8.43. The van der Waals surface area contributed by atoms with E-state index in [1.54, 1.807) is 0 Å². The first-order valence-electron chi connectivity index (χ1n) is 5.20. The summed E-state index contributed by atoms with van der Waals surface area (Å²) >= 11 is 3.83. The molecule has 0 fully saturated rings. The molecular weight excluding hydrogens is 264 g/mol. The SMILES string of the molecule is O=C(CCS)NN=C[C@H](O)[C@@H](O)[C@@H](O)[C@H](O)CO. The van der Waals surface area contributed by atoms with E-state index in [9.17, 15) is 20.1 Å². The van der Waals surface area contributed by atoms with Gasteiger partial charge in [0.1, 0.15) is 24.4 Å². The third-order valence-electron chi connectivity index (χ3n) is 2.04. The van der Waals surface area contributed by atoms with Gasteiger partial charge in [-0.05, 0) is 5.75 Å².